The van der Waals surface area contributed by atoms with E-state index in [1.54, 1.807) is 24.3 Å². The molecule has 2 aromatic heterocycles. The third-order valence-electron chi connectivity index (χ3n) is 3.57. The molecule has 0 saturated carbocycles. The van der Waals surface area contributed by atoms with Crippen LogP contribution in [-0.4, -0.2) is 27.0 Å². The fourth-order valence-corrected chi connectivity index (χ4v) is 3.34. The molecule has 3 rings (SSSR count). The van der Waals surface area contributed by atoms with Gasteiger partial charge in [0, 0.05) is 28.4 Å². The lowest BCUT2D eigenvalue weighted by Crippen LogP contribution is -2.17. The quantitative estimate of drug-likeness (QED) is 0.622. The van der Waals surface area contributed by atoms with Crippen molar-refractivity contribution >= 4 is 39.8 Å². The van der Waals surface area contributed by atoms with Crippen LogP contribution in [0.15, 0.2) is 42.0 Å². The smallest absolute Gasteiger partial charge is 0.419 e. The predicted molar refractivity (Wildman–Crippen MR) is 96.7 cm³/mol. The normalized spacial score (nSPS) is 11.3. The van der Waals surface area contributed by atoms with E-state index >= 15 is 0 Å². The van der Waals surface area contributed by atoms with E-state index in [0.717, 1.165) is 11.3 Å². The highest BCUT2D eigenvalue weighted by Crippen LogP contribution is 2.36. The van der Waals surface area contributed by atoms with Crippen molar-refractivity contribution in [3.8, 4) is 11.1 Å². The molecule has 144 valence electrons. The fourth-order valence-electron chi connectivity index (χ4n) is 2.25. The van der Waals surface area contributed by atoms with Gasteiger partial charge in [-0.1, -0.05) is 23.7 Å². The van der Waals surface area contributed by atoms with E-state index in [2.05, 4.69) is 15.3 Å². The second-order valence-electron chi connectivity index (χ2n) is 5.41. The van der Waals surface area contributed by atoms with Crippen molar-refractivity contribution in [3.05, 3.63) is 64.0 Å². The average Bonchev–Trinajstić information content (AvgIpc) is 3.05. The van der Waals surface area contributed by atoms with Gasteiger partial charge in [-0.3, -0.25) is 4.79 Å². The summed E-state index contributed by atoms with van der Waals surface area (Å²) in [6, 6.07) is 6.44. The third kappa shape index (κ3) is 4.12. The van der Waals surface area contributed by atoms with Crippen molar-refractivity contribution in [1.82, 2.24) is 9.97 Å². The van der Waals surface area contributed by atoms with Gasteiger partial charge in [-0.05, 0) is 17.7 Å². The topological polar surface area (TPSA) is 92.2 Å². The molecule has 0 fully saturated rings. The molecule has 1 amide bonds. The van der Waals surface area contributed by atoms with Crippen molar-refractivity contribution in [3.63, 3.8) is 0 Å². The lowest BCUT2D eigenvalue weighted by atomic mass is 10.0. The largest absolute Gasteiger partial charge is 0.478 e. The molecular weight excluding hydrogens is 419 g/mol. The van der Waals surface area contributed by atoms with E-state index in [1.807, 2.05) is 0 Å². The van der Waals surface area contributed by atoms with Gasteiger partial charge in [-0.2, -0.15) is 13.2 Å². The molecule has 1 aromatic carbocycles. The maximum Gasteiger partial charge on any atom is 0.419 e. The summed E-state index contributed by atoms with van der Waals surface area (Å²) in [4.78, 5) is 30.7. The summed E-state index contributed by atoms with van der Waals surface area (Å²) in [5.41, 5.74) is -0.328. The molecule has 2 N–H and O–H groups in total. The van der Waals surface area contributed by atoms with E-state index in [4.69, 9.17) is 11.6 Å². The Labute approximate surface area is 164 Å². The Balaban J connectivity index is 1.89. The molecule has 0 aliphatic heterocycles. The minimum absolute atomic E-state index is 0.00551. The first kappa shape index (κ1) is 19.8. The van der Waals surface area contributed by atoms with Crippen molar-refractivity contribution in [2.75, 3.05) is 5.32 Å². The Bertz CT molecular complexity index is 1030. The van der Waals surface area contributed by atoms with E-state index in [1.165, 1.54) is 5.38 Å². The Morgan fingerprint density at radius 3 is 2.25 bits per heavy atom. The van der Waals surface area contributed by atoms with E-state index in [9.17, 15) is 27.9 Å². The van der Waals surface area contributed by atoms with Crippen LogP contribution in [0.2, 0.25) is 5.02 Å². The minimum Gasteiger partial charge on any atom is -0.478 e. The molecule has 0 saturated heterocycles. The van der Waals surface area contributed by atoms with E-state index in [-0.39, 0.29) is 10.6 Å². The number of halogens is 4. The second kappa shape index (κ2) is 7.56. The van der Waals surface area contributed by atoms with Crippen LogP contribution in [-0.2, 0) is 6.18 Å². The van der Waals surface area contributed by atoms with Crippen molar-refractivity contribution < 1.29 is 27.9 Å². The number of anilines is 1. The Morgan fingerprint density at radius 2 is 1.71 bits per heavy atom. The molecule has 3 aromatic rings. The number of rotatable bonds is 4. The molecule has 0 radical (unpaired) electrons. The van der Waals surface area contributed by atoms with Crippen LogP contribution in [0.4, 0.5) is 18.2 Å². The number of hydrogen-bond donors (Lipinski definition) is 2. The molecule has 0 spiro atoms. The summed E-state index contributed by atoms with van der Waals surface area (Å²) < 4.78 is 37.6. The number of carbonyl (C=O) groups excluding carboxylic acids is 1. The first-order valence-corrected chi connectivity index (χ1v) is 8.74. The monoisotopic (exact) mass is 427 g/mol. The molecule has 0 unspecified atom stereocenters. The number of benzene rings is 1. The van der Waals surface area contributed by atoms with Crippen LogP contribution in [0.25, 0.3) is 11.1 Å². The highest BCUT2D eigenvalue weighted by Gasteiger charge is 2.32. The predicted octanol–water partition coefficient (Wildman–Crippen LogP) is 4.83. The molecule has 28 heavy (non-hydrogen) atoms. The van der Waals surface area contributed by atoms with Crippen LogP contribution in [0.1, 0.15) is 26.5 Å². The maximum absolute atomic E-state index is 12.5. The van der Waals surface area contributed by atoms with Gasteiger partial charge in [0.2, 0.25) is 5.82 Å². The van der Waals surface area contributed by atoms with Gasteiger partial charge in [0.15, 0.2) is 0 Å². The summed E-state index contributed by atoms with van der Waals surface area (Å²) in [5, 5.41) is 13.9. The standard InChI is InChI=1S/C17H9ClF3N3O3S/c18-10-3-1-8(2-4-10)11-7-28-15(12(11)16(26)27)24-14(25)13-22-5-9(6-23-13)17(19,20)21/h1-7H,(H,24,25)(H,26,27). The van der Waals surface area contributed by atoms with Gasteiger partial charge < -0.3 is 10.4 Å². The summed E-state index contributed by atoms with van der Waals surface area (Å²) in [6.45, 7) is 0. The number of alkyl halides is 3. The number of aromatic carboxylic acids is 1. The number of carboxylic acid groups (broad SMARTS) is 1. The zero-order valence-corrected chi connectivity index (χ0v) is 15.2. The Kier molecular flexibility index (Phi) is 5.34. The van der Waals surface area contributed by atoms with E-state index in [0.29, 0.717) is 28.5 Å². The number of hydrogen-bond acceptors (Lipinski definition) is 5. The minimum atomic E-state index is -4.63. The molecule has 6 nitrogen and oxygen atoms in total. The van der Waals surface area contributed by atoms with E-state index < -0.39 is 29.4 Å². The summed E-state index contributed by atoms with van der Waals surface area (Å²) in [5.74, 6) is -2.73. The number of amides is 1. The number of carboxylic acids is 1. The number of aromatic nitrogens is 2. The first-order valence-electron chi connectivity index (χ1n) is 7.48. The Hall–Kier alpha value is -2.98. The van der Waals surface area contributed by atoms with Gasteiger partial charge >= 0.3 is 12.1 Å². The fraction of sp³-hybridized carbons (Fsp3) is 0.0588. The number of nitrogens with zero attached hydrogens (tertiary/aromatic N) is 2. The van der Waals surface area contributed by atoms with Crippen molar-refractivity contribution in [1.29, 1.82) is 0 Å². The first-order chi connectivity index (χ1) is 13.2. The third-order valence-corrected chi connectivity index (χ3v) is 4.72. The van der Waals surface area contributed by atoms with Gasteiger partial charge in [-0.25, -0.2) is 14.8 Å². The van der Waals surface area contributed by atoms with Crippen LogP contribution < -0.4 is 5.32 Å². The molecule has 0 atom stereocenters. The van der Waals surface area contributed by atoms with Gasteiger partial charge in [0.25, 0.3) is 5.91 Å². The summed E-state index contributed by atoms with van der Waals surface area (Å²) in [7, 11) is 0. The highest BCUT2D eigenvalue weighted by atomic mass is 35.5. The lowest BCUT2D eigenvalue weighted by Gasteiger charge is -2.07. The zero-order valence-electron chi connectivity index (χ0n) is 13.6. The number of carbonyl (C=O) groups is 2. The van der Waals surface area contributed by atoms with Crippen LogP contribution in [0.3, 0.4) is 0 Å². The summed E-state index contributed by atoms with van der Waals surface area (Å²) >= 11 is 6.78. The molecule has 0 aliphatic rings. The molecule has 11 heteroatoms. The van der Waals surface area contributed by atoms with Gasteiger partial charge in [-0.15, -0.1) is 11.3 Å². The lowest BCUT2D eigenvalue weighted by molar-refractivity contribution is -0.138. The maximum atomic E-state index is 12.5. The van der Waals surface area contributed by atoms with Crippen LogP contribution >= 0.6 is 22.9 Å². The molecule has 0 aliphatic carbocycles. The number of nitrogens with one attached hydrogen (secondary N) is 1. The molecule has 0 bridgehead atoms. The summed E-state index contributed by atoms with van der Waals surface area (Å²) in [6.07, 6.45) is -3.67. The van der Waals surface area contributed by atoms with Crippen molar-refractivity contribution in [2.24, 2.45) is 0 Å². The van der Waals surface area contributed by atoms with Gasteiger partial charge in [0.05, 0.1) is 5.56 Å². The van der Waals surface area contributed by atoms with Crippen LogP contribution in [0, 0.1) is 0 Å². The number of thiophene rings is 1. The van der Waals surface area contributed by atoms with Crippen LogP contribution in [0.5, 0.6) is 0 Å². The molecular formula is C17H9ClF3N3O3S. The SMILES string of the molecule is O=C(Nc1scc(-c2ccc(Cl)cc2)c1C(=O)O)c1ncc(C(F)(F)F)cn1. The Morgan fingerprint density at radius 1 is 1.11 bits per heavy atom. The average molecular weight is 428 g/mol. The highest BCUT2D eigenvalue weighted by molar-refractivity contribution is 7.15. The van der Waals surface area contributed by atoms with Gasteiger partial charge in [0.1, 0.15) is 10.6 Å². The molecule has 2 heterocycles. The zero-order chi connectivity index (χ0) is 20.5. The second-order valence-corrected chi connectivity index (χ2v) is 6.73. The van der Waals surface area contributed by atoms with Crippen molar-refractivity contribution in [2.45, 2.75) is 6.18 Å².